The first-order chi connectivity index (χ1) is 13.3. The number of sulfonamides is 1. The summed E-state index contributed by atoms with van der Waals surface area (Å²) in [7, 11) is -2.50. The van der Waals surface area contributed by atoms with Crippen molar-refractivity contribution in [3.05, 3.63) is 34.4 Å². The molecule has 0 radical (unpaired) electrons. The molecule has 1 aromatic carbocycles. The highest BCUT2D eigenvalue weighted by Gasteiger charge is 2.36. The fraction of sp³-hybridized carbons (Fsp3) is 0.611. The summed E-state index contributed by atoms with van der Waals surface area (Å²) in [5, 5.41) is 11.2. The fourth-order valence-corrected chi connectivity index (χ4v) is 5.70. The Balaban J connectivity index is 1.61. The average molecular weight is 411 g/mol. The van der Waals surface area contributed by atoms with Crippen molar-refractivity contribution in [2.24, 2.45) is 5.92 Å². The van der Waals surface area contributed by atoms with E-state index < -0.39 is 20.6 Å². The van der Waals surface area contributed by atoms with Gasteiger partial charge in [0.05, 0.1) is 18.0 Å². The van der Waals surface area contributed by atoms with Gasteiger partial charge in [0.15, 0.2) is 4.90 Å². The van der Waals surface area contributed by atoms with Crippen molar-refractivity contribution >= 4 is 21.7 Å². The quantitative estimate of drug-likeness (QED) is 0.411. The number of hydrogen-bond acceptors (Lipinski definition) is 7. The molecule has 154 valence electrons. The van der Waals surface area contributed by atoms with Crippen molar-refractivity contribution in [2.45, 2.75) is 36.6 Å². The summed E-state index contributed by atoms with van der Waals surface area (Å²) < 4.78 is 31.9. The monoisotopic (exact) mass is 411 g/mol. The molecule has 1 aromatic rings. The lowest BCUT2D eigenvalue weighted by atomic mass is 9.85. The lowest BCUT2D eigenvalue weighted by Crippen LogP contribution is -2.52. The van der Waals surface area contributed by atoms with Crippen LogP contribution in [0.1, 0.15) is 25.7 Å². The summed E-state index contributed by atoms with van der Waals surface area (Å²) >= 11 is 0. The molecule has 0 N–H and O–H groups in total. The van der Waals surface area contributed by atoms with Crippen LogP contribution in [-0.4, -0.2) is 67.8 Å². The van der Waals surface area contributed by atoms with Crippen LogP contribution in [0, 0.1) is 16.0 Å². The van der Waals surface area contributed by atoms with Gasteiger partial charge in [0.2, 0.25) is 10.0 Å². The van der Waals surface area contributed by atoms with E-state index in [9.17, 15) is 23.3 Å². The standard InChI is InChI=1S/C18H25N3O6S/c1-27-18(22)14-6-8-15(9-7-14)19-10-12-20(13-11-19)28(25,26)17-5-3-2-4-16(17)21(23)24/h2-5,14-15H,6-13H2,1H3/t14-,15-. The Morgan fingerprint density at radius 1 is 1.11 bits per heavy atom. The van der Waals surface area contributed by atoms with Gasteiger partial charge < -0.3 is 4.74 Å². The Morgan fingerprint density at radius 3 is 2.29 bits per heavy atom. The second-order valence-corrected chi connectivity index (χ2v) is 9.10. The molecule has 0 atom stereocenters. The molecule has 3 rings (SSSR count). The van der Waals surface area contributed by atoms with Crippen LogP contribution in [0.5, 0.6) is 0 Å². The molecule has 1 saturated carbocycles. The molecule has 10 heteroatoms. The lowest BCUT2D eigenvalue weighted by Gasteiger charge is -2.41. The van der Waals surface area contributed by atoms with Crippen molar-refractivity contribution in [1.29, 1.82) is 0 Å². The minimum atomic E-state index is -3.91. The van der Waals surface area contributed by atoms with E-state index in [1.54, 1.807) is 0 Å². The van der Waals surface area contributed by atoms with Crippen LogP contribution in [0.2, 0.25) is 0 Å². The number of methoxy groups -OCH3 is 1. The zero-order valence-corrected chi connectivity index (χ0v) is 16.6. The maximum absolute atomic E-state index is 12.9. The van der Waals surface area contributed by atoms with Crippen LogP contribution in [0.15, 0.2) is 29.2 Å². The number of nitro benzene ring substituents is 1. The SMILES string of the molecule is COC(=O)[C@H]1CC[C@H](N2CCN(S(=O)(=O)c3ccccc3[N+](=O)[O-])CC2)CC1. The van der Waals surface area contributed by atoms with Gasteiger partial charge in [-0.05, 0) is 31.7 Å². The number of para-hydroxylation sites is 1. The normalized spacial score (nSPS) is 24.6. The molecule has 1 aliphatic heterocycles. The summed E-state index contributed by atoms with van der Waals surface area (Å²) in [6.07, 6.45) is 3.34. The molecule has 28 heavy (non-hydrogen) atoms. The Labute approximate surface area is 164 Å². The smallest absolute Gasteiger partial charge is 0.308 e. The van der Waals surface area contributed by atoms with Gasteiger partial charge in [0, 0.05) is 38.3 Å². The topological polar surface area (TPSA) is 110 Å². The predicted molar refractivity (Wildman–Crippen MR) is 101 cm³/mol. The Kier molecular flexibility index (Phi) is 6.31. The highest BCUT2D eigenvalue weighted by Crippen LogP contribution is 2.31. The lowest BCUT2D eigenvalue weighted by molar-refractivity contribution is -0.387. The molecule has 0 spiro atoms. The van der Waals surface area contributed by atoms with Crippen LogP contribution in [0.25, 0.3) is 0 Å². The van der Waals surface area contributed by atoms with Gasteiger partial charge in [-0.2, -0.15) is 4.31 Å². The molecule has 0 amide bonds. The van der Waals surface area contributed by atoms with Crippen LogP contribution in [0.3, 0.4) is 0 Å². The van der Waals surface area contributed by atoms with Gasteiger partial charge in [0.1, 0.15) is 0 Å². The first-order valence-corrected chi connectivity index (χ1v) is 10.8. The van der Waals surface area contributed by atoms with E-state index in [2.05, 4.69) is 4.90 Å². The molecule has 1 saturated heterocycles. The number of carbonyl (C=O) groups is 1. The van der Waals surface area contributed by atoms with Crippen LogP contribution >= 0.6 is 0 Å². The molecule has 1 aliphatic carbocycles. The van der Waals surface area contributed by atoms with E-state index in [1.807, 2.05) is 0 Å². The number of nitrogens with zero attached hydrogens (tertiary/aromatic N) is 3. The summed E-state index contributed by atoms with van der Waals surface area (Å²) in [6, 6.07) is 5.78. The number of hydrogen-bond donors (Lipinski definition) is 0. The third-order valence-corrected chi connectivity index (χ3v) is 7.65. The molecule has 9 nitrogen and oxygen atoms in total. The first kappa shape index (κ1) is 20.7. The highest BCUT2D eigenvalue weighted by atomic mass is 32.2. The van der Waals surface area contributed by atoms with E-state index in [1.165, 1.54) is 35.7 Å². The van der Waals surface area contributed by atoms with Crippen molar-refractivity contribution in [3.8, 4) is 0 Å². The molecule has 0 unspecified atom stereocenters. The third kappa shape index (κ3) is 4.18. The van der Waals surface area contributed by atoms with E-state index in [0.717, 1.165) is 25.7 Å². The van der Waals surface area contributed by atoms with Gasteiger partial charge in [-0.15, -0.1) is 0 Å². The van der Waals surface area contributed by atoms with Gasteiger partial charge in [-0.3, -0.25) is 19.8 Å². The zero-order valence-electron chi connectivity index (χ0n) is 15.8. The molecule has 0 bridgehead atoms. The van der Waals surface area contributed by atoms with Crippen LogP contribution in [0.4, 0.5) is 5.69 Å². The van der Waals surface area contributed by atoms with Gasteiger partial charge in [-0.25, -0.2) is 8.42 Å². The Morgan fingerprint density at radius 2 is 1.71 bits per heavy atom. The molecule has 2 aliphatic rings. The zero-order chi connectivity index (χ0) is 20.3. The number of esters is 1. The summed E-state index contributed by atoms with van der Waals surface area (Å²) in [6.45, 7) is 1.75. The second kappa shape index (κ2) is 8.54. The van der Waals surface area contributed by atoms with E-state index in [-0.39, 0.29) is 16.8 Å². The van der Waals surface area contributed by atoms with Crippen molar-refractivity contribution in [3.63, 3.8) is 0 Å². The Hall–Kier alpha value is -2.04. The summed E-state index contributed by atoms with van der Waals surface area (Å²) in [5.74, 6) is -0.194. The predicted octanol–water partition coefficient (Wildman–Crippen LogP) is 1.63. The number of benzene rings is 1. The van der Waals surface area contributed by atoms with Crippen LogP contribution in [-0.2, 0) is 19.6 Å². The number of rotatable bonds is 5. The molecule has 0 aromatic heterocycles. The third-order valence-electron chi connectivity index (χ3n) is 5.70. The average Bonchev–Trinajstić information content (AvgIpc) is 2.73. The fourth-order valence-electron chi connectivity index (χ4n) is 4.12. The minimum absolute atomic E-state index is 0.0402. The molecular weight excluding hydrogens is 386 g/mol. The number of carbonyl (C=O) groups excluding carboxylic acids is 1. The first-order valence-electron chi connectivity index (χ1n) is 9.40. The van der Waals surface area contributed by atoms with Crippen molar-refractivity contribution in [2.75, 3.05) is 33.3 Å². The van der Waals surface area contributed by atoms with E-state index >= 15 is 0 Å². The van der Waals surface area contributed by atoms with Gasteiger partial charge in [0.25, 0.3) is 5.69 Å². The van der Waals surface area contributed by atoms with Crippen LogP contribution < -0.4 is 0 Å². The summed E-state index contributed by atoms with van der Waals surface area (Å²) in [4.78, 5) is 24.2. The maximum atomic E-state index is 12.9. The molecular formula is C18H25N3O6S. The highest BCUT2D eigenvalue weighted by molar-refractivity contribution is 7.89. The number of ether oxygens (including phenoxy) is 1. The maximum Gasteiger partial charge on any atom is 0.308 e. The summed E-state index contributed by atoms with van der Waals surface area (Å²) in [5.41, 5.74) is -0.397. The van der Waals surface area contributed by atoms with Crippen molar-refractivity contribution < 1.29 is 22.9 Å². The molecule has 2 fully saturated rings. The van der Waals surface area contributed by atoms with Crippen molar-refractivity contribution in [1.82, 2.24) is 9.21 Å². The largest absolute Gasteiger partial charge is 0.469 e. The number of piperazine rings is 1. The minimum Gasteiger partial charge on any atom is -0.469 e. The van der Waals surface area contributed by atoms with E-state index in [0.29, 0.717) is 32.2 Å². The number of nitro groups is 1. The van der Waals surface area contributed by atoms with Gasteiger partial charge >= 0.3 is 5.97 Å². The second-order valence-electron chi connectivity index (χ2n) is 7.19. The molecule has 1 heterocycles. The Bertz CT molecular complexity index is 827. The van der Waals surface area contributed by atoms with Gasteiger partial charge in [-0.1, -0.05) is 12.1 Å². The van der Waals surface area contributed by atoms with E-state index in [4.69, 9.17) is 4.74 Å².